The molecular weight excluding hydrogens is 537 g/mol. The normalized spacial score (nSPS) is 15.4. The van der Waals surface area contributed by atoms with Crippen molar-refractivity contribution in [2.75, 3.05) is 12.0 Å². The van der Waals surface area contributed by atoms with Gasteiger partial charge in [0, 0.05) is 5.75 Å². The highest BCUT2D eigenvalue weighted by Crippen LogP contribution is 2.44. The number of amides is 1. The minimum absolute atomic E-state index is 0.0730. The van der Waals surface area contributed by atoms with Crippen LogP contribution in [0.3, 0.4) is 0 Å². The van der Waals surface area contributed by atoms with Gasteiger partial charge in [-0.25, -0.2) is 4.39 Å². The lowest BCUT2D eigenvalue weighted by molar-refractivity contribution is -0.117. The van der Waals surface area contributed by atoms with Crippen LogP contribution in [0.1, 0.15) is 22.7 Å². The second-order valence-corrected chi connectivity index (χ2v) is 10.6. The number of thioether (sulfide) groups is 1. The number of rotatable bonds is 9. The largest absolute Gasteiger partial charge is 0.503 e. The Morgan fingerprint density at radius 2 is 1.87 bits per heavy atom. The van der Waals surface area contributed by atoms with Gasteiger partial charge in [-0.2, -0.15) is 0 Å². The van der Waals surface area contributed by atoms with Crippen LogP contribution in [0.2, 0.25) is 0 Å². The average molecular weight is 560 g/mol. The van der Waals surface area contributed by atoms with Gasteiger partial charge >= 0.3 is 0 Å². The van der Waals surface area contributed by atoms with Gasteiger partial charge in [-0.1, -0.05) is 89.8 Å². The lowest BCUT2D eigenvalue weighted by Gasteiger charge is -2.24. The van der Waals surface area contributed by atoms with Crippen molar-refractivity contribution in [3.05, 3.63) is 119 Å². The number of methoxy groups -OCH3 is 1. The minimum atomic E-state index is -0.960. The third kappa shape index (κ3) is 5.62. The van der Waals surface area contributed by atoms with Crippen LogP contribution >= 0.6 is 23.1 Å². The van der Waals surface area contributed by atoms with Gasteiger partial charge < -0.3 is 9.84 Å². The van der Waals surface area contributed by atoms with E-state index >= 15 is 0 Å². The van der Waals surface area contributed by atoms with Gasteiger partial charge in [-0.15, -0.1) is 10.2 Å². The fourth-order valence-electron chi connectivity index (χ4n) is 4.12. The SMILES string of the molecule is COc1cccc(C2C(C(=O)C=Cc3ccccc3)=C(O)C(=O)N2c2nnc(SCc3ccccc3F)s2)c1. The van der Waals surface area contributed by atoms with E-state index in [0.29, 0.717) is 27.0 Å². The Morgan fingerprint density at radius 3 is 2.64 bits per heavy atom. The zero-order valence-electron chi connectivity index (χ0n) is 20.7. The fraction of sp³-hybridized carbons (Fsp3) is 0.103. The second kappa shape index (κ2) is 11.6. The van der Waals surface area contributed by atoms with E-state index in [1.165, 1.54) is 35.9 Å². The number of halogens is 1. The predicted octanol–water partition coefficient (Wildman–Crippen LogP) is 6.16. The number of hydrogen-bond acceptors (Lipinski definition) is 8. The van der Waals surface area contributed by atoms with Crippen molar-refractivity contribution in [3.63, 3.8) is 0 Å². The van der Waals surface area contributed by atoms with Gasteiger partial charge in [-0.3, -0.25) is 14.5 Å². The van der Waals surface area contributed by atoms with Crippen LogP contribution in [-0.2, 0) is 15.3 Å². The van der Waals surface area contributed by atoms with Crippen molar-refractivity contribution < 1.29 is 23.8 Å². The number of aliphatic hydroxyl groups is 1. The molecule has 0 aliphatic carbocycles. The van der Waals surface area contributed by atoms with Crippen LogP contribution in [0.25, 0.3) is 6.08 Å². The molecule has 1 aliphatic rings. The summed E-state index contributed by atoms with van der Waals surface area (Å²) in [6.07, 6.45) is 2.96. The summed E-state index contributed by atoms with van der Waals surface area (Å²) in [5, 5.41) is 19.5. The molecule has 1 amide bonds. The zero-order valence-corrected chi connectivity index (χ0v) is 22.3. The van der Waals surface area contributed by atoms with Crippen LogP contribution in [0.4, 0.5) is 9.52 Å². The molecule has 10 heteroatoms. The molecule has 7 nitrogen and oxygen atoms in total. The number of carbonyl (C=O) groups is 2. The Kier molecular flexibility index (Phi) is 7.85. The third-order valence-corrected chi connectivity index (χ3v) is 8.13. The summed E-state index contributed by atoms with van der Waals surface area (Å²) in [5.74, 6) is -1.40. The molecule has 2 heterocycles. The molecule has 0 fully saturated rings. The monoisotopic (exact) mass is 559 g/mol. The van der Waals surface area contributed by atoms with Crippen molar-refractivity contribution in [3.8, 4) is 5.75 Å². The van der Waals surface area contributed by atoms with E-state index in [9.17, 15) is 19.1 Å². The Bertz CT molecular complexity index is 1590. The summed E-state index contributed by atoms with van der Waals surface area (Å²) in [6, 6.07) is 21.7. The van der Waals surface area contributed by atoms with E-state index in [1.54, 1.807) is 48.5 Å². The molecule has 1 unspecified atom stereocenters. The lowest BCUT2D eigenvalue weighted by atomic mass is 9.95. The second-order valence-electron chi connectivity index (χ2n) is 8.46. The van der Waals surface area contributed by atoms with E-state index < -0.39 is 23.5 Å². The first-order valence-corrected chi connectivity index (χ1v) is 13.6. The lowest BCUT2D eigenvalue weighted by Crippen LogP contribution is -2.30. The topological polar surface area (TPSA) is 92.6 Å². The number of ketones is 1. The van der Waals surface area contributed by atoms with Crippen LogP contribution in [0.5, 0.6) is 5.75 Å². The Morgan fingerprint density at radius 1 is 1.10 bits per heavy atom. The van der Waals surface area contributed by atoms with Crippen LogP contribution < -0.4 is 9.64 Å². The highest BCUT2D eigenvalue weighted by molar-refractivity contribution is 8.00. The molecule has 0 saturated heterocycles. The highest BCUT2D eigenvalue weighted by Gasteiger charge is 2.45. The molecule has 1 N–H and O–H groups in total. The third-order valence-electron chi connectivity index (χ3n) is 6.02. The first-order chi connectivity index (χ1) is 19.0. The number of aromatic nitrogens is 2. The van der Waals surface area contributed by atoms with Gasteiger partial charge in [0.15, 0.2) is 15.9 Å². The first kappa shape index (κ1) is 26.3. The molecule has 0 saturated carbocycles. The van der Waals surface area contributed by atoms with Crippen molar-refractivity contribution >= 4 is 46.0 Å². The molecule has 0 spiro atoms. The van der Waals surface area contributed by atoms with E-state index in [0.717, 1.165) is 16.9 Å². The number of anilines is 1. The van der Waals surface area contributed by atoms with Gasteiger partial charge in [0.1, 0.15) is 11.6 Å². The highest BCUT2D eigenvalue weighted by atomic mass is 32.2. The summed E-state index contributed by atoms with van der Waals surface area (Å²) in [6.45, 7) is 0. The molecular formula is C29H22FN3O4S2. The summed E-state index contributed by atoms with van der Waals surface area (Å²) < 4.78 is 19.9. The maximum atomic E-state index is 14.0. The fourth-order valence-corrected chi connectivity index (χ4v) is 5.97. The number of aliphatic hydroxyl groups excluding tert-OH is 1. The predicted molar refractivity (Wildman–Crippen MR) is 149 cm³/mol. The van der Waals surface area contributed by atoms with Gasteiger partial charge in [-0.05, 0) is 41.0 Å². The van der Waals surface area contributed by atoms with Gasteiger partial charge in [0.05, 0.1) is 18.7 Å². The maximum absolute atomic E-state index is 14.0. The first-order valence-electron chi connectivity index (χ1n) is 11.8. The van der Waals surface area contributed by atoms with E-state index in [-0.39, 0.29) is 16.5 Å². The maximum Gasteiger partial charge on any atom is 0.296 e. The Hall–Kier alpha value is -4.28. The molecule has 1 aromatic heterocycles. The molecule has 3 aromatic carbocycles. The number of benzene rings is 3. The summed E-state index contributed by atoms with van der Waals surface area (Å²) >= 11 is 2.40. The molecule has 0 bridgehead atoms. The van der Waals surface area contributed by atoms with Crippen molar-refractivity contribution in [2.24, 2.45) is 0 Å². The van der Waals surface area contributed by atoms with E-state index in [4.69, 9.17) is 4.74 Å². The smallest absolute Gasteiger partial charge is 0.296 e. The van der Waals surface area contributed by atoms with Gasteiger partial charge in [0.2, 0.25) is 5.13 Å². The number of hydrogen-bond donors (Lipinski definition) is 1. The molecule has 0 radical (unpaired) electrons. The summed E-state index contributed by atoms with van der Waals surface area (Å²) in [4.78, 5) is 28.0. The molecule has 1 aliphatic heterocycles. The molecule has 39 heavy (non-hydrogen) atoms. The number of carbonyl (C=O) groups excluding carboxylic acids is 2. The van der Waals surface area contributed by atoms with Crippen molar-refractivity contribution in [1.82, 2.24) is 10.2 Å². The van der Waals surface area contributed by atoms with Crippen LogP contribution in [-0.4, -0.2) is 34.1 Å². The summed E-state index contributed by atoms with van der Waals surface area (Å²) in [7, 11) is 1.52. The number of nitrogens with zero attached hydrogens (tertiary/aromatic N) is 3. The zero-order chi connectivity index (χ0) is 27.4. The molecule has 5 rings (SSSR count). The van der Waals surface area contributed by atoms with E-state index in [1.807, 2.05) is 30.3 Å². The van der Waals surface area contributed by atoms with Crippen molar-refractivity contribution in [2.45, 2.75) is 16.1 Å². The molecule has 4 aromatic rings. The average Bonchev–Trinajstić information content (AvgIpc) is 3.53. The number of ether oxygens (including phenoxy) is 1. The van der Waals surface area contributed by atoms with Crippen LogP contribution in [0.15, 0.2) is 101 Å². The van der Waals surface area contributed by atoms with Crippen LogP contribution in [0, 0.1) is 5.82 Å². The summed E-state index contributed by atoms with van der Waals surface area (Å²) in [5.41, 5.74) is 1.80. The Labute approximate surface area is 232 Å². The quantitative estimate of drug-likeness (QED) is 0.149. The molecule has 196 valence electrons. The number of allylic oxidation sites excluding steroid dienone is 1. The molecule has 1 atom stereocenters. The standard InChI is InChI=1S/C29H22FN3O4S2/c1-37-21-12-7-11-19(16-21)25-24(23(34)15-14-18-8-3-2-4-9-18)26(35)27(36)33(25)28-31-32-29(39-28)38-17-20-10-5-6-13-22(20)30/h2-16,25,35H,17H2,1H3. The van der Waals surface area contributed by atoms with Crippen molar-refractivity contribution in [1.29, 1.82) is 0 Å². The van der Waals surface area contributed by atoms with Gasteiger partial charge in [0.25, 0.3) is 5.91 Å². The Balaban J connectivity index is 1.48. The minimum Gasteiger partial charge on any atom is -0.503 e. The van der Waals surface area contributed by atoms with E-state index in [2.05, 4.69) is 10.2 Å².